The number of ketones is 1. The Bertz CT molecular complexity index is 1990. The molecule has 5 nitrogen and oxygen atoms in total. The normalized spacial score (nSPS) is 14.9. The molecule has 0 saturated carbocycles. The number of hydrogen-bond acceptors (Lipinski definition) is 5. The van der Waals surface area contributed by atoms with Crippen LogP contribution in [0.5, 0.6) is 0 Å². The summed E-state index contributed by atoms with van der Waals surface area (Å²) >= 11 is 0. The number of fused-ring (bicyclic) bond motifs is 9. The predicted octanol–water partition coefficient (Wildman–Crippen LogP) is 6.49. The van der Waals surface area contributed by atoms with Gasteiger partial charge in [-0.25, -0.2) is 13.6 Å². The molecule has 2 aliphatic carbocycles. The van der Waals surface area contributed by atoms with Crippen LogP contribution in [0, 0.1) is 34.3 Å². The molecule has 0 saturated heterocycles. The Morgan fingerprint density at radius 2 is 1.21 bits per heavy atom. The van der Waals surface area contributed by atoms with Crippen molar-refractivity contribution in [1.29, 1.82) is 10.5 Å². The van der Waals surface area contributed by atoms with E-state index in [-0.39, 0.29) is 16.7 Å². The minimum atomic E-state index is -0.847. The third-order valence-corrected chi connectivity index (χ3v) is 7.25. The lowest BCUT2D eigenvalue weighted by atomic mass is 9.89. The summed E-state index contributed by atoms with van der Waals surface area (Å²) < 4.78 is 33.7. The standard InChI is InChI=1S/C32H16F2N2O3/c1-15(37)26(13-35)29-23-10-9-21-20(28(23)22-6-4-17(34)12-25(22)29)8-7-19-18-5-3-16(33)11-24(18)31(30(19)21)27(14-36)32(38)39-2/h3-12H,1-2H3/b29-26-,31-27+. The zero-order valence-electron chi connectivity index (χ0n) is 20.6. The van der Waals surface area contributed by atoms with Crippen molar-refractivity contribution in [3.8, 4) is 34.4 Å². The molecule has 0 unspecified atom stereocenters. The van der Waals surface area contributed by atoms with Crippen LogP contribution in [0.25, 0.3) is 44.2 Å². The summed E-state index contributed by atoms with van der Waals surface area (Å²) in [6, 6.07) is 19.6. The Hall–Kier alpha value is -5.40. The fraction of sp³-hybridized carbons (Fsp3) is 0.0625. The molecule has 2 aliphatic rings. The first-order valence-electron chi connectivity index (χ1n) is 11.9. The Balaban J connectivity index is 1.78. The summed E-state index contributed by atoms with van der Waals surface area (Å²) in [4.78, 5) is 25.1. The minimum absolute atomic E-state index is 0.0815. The average molecular weight is 514 g/mol. The molecule has 6 rings (SSSR count). The van der Waals surface area contributed by atoms with Crippen LogP contribution in [0.4, 0.5) is 8.78 Å². The van der Waals surface area contributed by atoms with Gasteiger partial charge in [0.05, 0.1) is 7.11 Å². The first-order valence-corrected chi connectivity index (χ1v) is 11.9. The quantitative estimate of drug-likeness (QED) is 0.150. The summed E-state index contributed by atoms with van der Waals surface area (Å²) in [5, 5.41) is 21.1. The van der Waals surface area contributed by atoms with Gasteiger partial charge in [-0.05, 0) is 86.5 Å². The summed E-state index contributed by atoms with van der Waals surface area (Å²) in [6.45, 7) is 1.29. The zero-order valence-corrected chi connectivity index (χ0v) is 20.6. The smallest absolute Gasteiger partial charge is 0.349 e. The van der Waals surface area contributed by atoms with Gasteiger partial charge in [0.1, 0.15) is 34.9 Å². The van der Waals surface area contributed by atoms with Crippen molar-refractivity contribution in [2.45, 2.75) is 6.92 Å². The number of ether oxygens (including phenoxy) is 1. The fourth-order valence-corrected chi connectivity index (χ4v) is 5.72. The number of benzene rings is 4. The Morgan fingerprint density at radius 3 is 1.79 bits per heavy atom. The molecule has 0 amide bonds. The number of hydrogen-bond donors (Lipinski definition) is 0. The number of nitriles is 2. The van der Waals surface area contributed by atoms with E-state index in [2.05, 4.69) is 0 Å². The molecule has 39 heavy (non-hydrogen) atoms. The number of esters is 1. The van der Waals surface area contributed by atoms with Gasteiger partial charge in [-0.1, -0.05) is 36.4 Å². The second kappa shape index (κ2) is 8.58. The molecule has 4 aromatic rings. The highest BCUT2D eigenvalue weighted by Crippen LogP contribution is 2.54. The number of rotatable bonds is 2. The monoisotopic (exact) mass is 514 g/mol. The number of methoxy groups -OCH3 is 1. The van der Waals surface area contributed by atoms with E-state index in [1.54, 1.807) is 24.3 Å². The Morgan fingerprint density at radius 1 is 0.667 bits per heavy atom. The molecule has 0 radical (unpaired) electrons. The van der Waals surface area contributed by atoms with Crippen molar-refractivity contribution in [1.82, 2.24) is 0 Å². The van der Waals surface area contributed by atoms with Crippen molar-refractivity contribution in [2.75, 3.05) is 7.11 Å². The van der Waals surface area contributed by atoms with Gasteiger partial charge in [-0.2, -0.15) is 10.5 Å². The number of carbonyl (C=O) groups excluding carboxylic acids is 2. The lowest BCUT2D eigenvalue weighted by molar-refractivity contribution is -0.135. The molecule has 4 aromatic carbocycles. The molecular formula is C32H16F2N2O3. The number of carbonyl (C=O) groups is 2. The number of halogens is 2. The molecule has 0 fully saturated rings. The molecule has 7 heteroatoms. The van der Waals surface area contributed by atoms with Gasteiger partial charge in [0.15, 0.2) is 5.78 Å². The van der Waals surface area contributed by atoms with Gasteiger partial charge in [0, 0.05) is 11.1 Å². The van der Waals surface area contributed by atoms with Gasteiger partial charge < -0.3 is 4.74 Å². The van der Waals surface area contributed by atoms with E-state index in [1.165, 1.54) is 38.3 Å². The maximum Gasteiger partial charge on any atom is 0.349 e. The highest BCUT2D eigenvalue weighted by Gasteiger charge is 2.34. The fourth-order valence-electron chi connectivity index (χ4n) is 5.72. The maximum absolute atomic E-state index is 14.4. The van der Waals surface area contributed by atoms with Crippen molar-refractivity contribution in [2.24, 2.45) is 0 Å². The summed E-state index contributed by atoms with van der Waals surface area (Å²) in [6.07, 6.45) is 0. The molecule has 186 valence electrons. The van der Waals surface area contributed by atoms with E-state index in [4.69, 9.17) is 4.74 Å². The number of allylic oxidation sites excluding steroid dienone is 1. The summed E-state index contributed by atoms with van der Waals surface area (Å²) in [5.41, 5.74) is 4.94. The van der Waals surface area contributed by atoms with Crippen LogP contribution in [0.3, 0.4) is 0 Å². The molecule has 0 bridgehead atoms. The van der Waals surface area contributed by atoms with Gasteiger partial charge in [0.25, 0.3) is 0 Å². The molecule has 0 spiro atoms. The van der Waals surface area contributed by atoms with Gasteiger partial charge in [-0.3, -0.25) is 4.79 Å². The van der Waals surface area contributed by atoms with E-state index in [1.807, 2.05) is 24.3 Å². The van der Waals surface area contributed by atoms with E-state index >= 15 is 0 Å². The van der Waals surface area contributed by atoms with Crippen LogP contribution in [-0.2, 0) is 14.3 Å². The van der Waals surface area contributed by atoms with Crippen LogP contribution < -0.4 is 0 Å². The Labute approximate surface area is 221 Å². The van der Waals surface area contributed by atoms with E-state index in [0.29, 0.717) is 60.9 Å². The highest BCUT2D eigenvalue weighted by atomic mass is 19.1. The first-order chi connectivity index (χ1) is 18.8. The third-order valence-electron chi connectivity index (χ3n) is 7.25. The molecule has 0 heterocycles. The second-order valence-electron chi connectivity index (χ2n) is 9.22. The summed E-state index contributed by atoms with van der Waals surface area (Å²) in [5.74, 6) is -2.32. The van der Waals surface area contributed by atoms with Gasteiger partial charge in [-0.15, -0.1) is 0 Å². The van der Waals surface area contributed by atoms with Crippen molar-refractivity contribution in [3.05, 3.63) is 106 Å². The zero-order chi connectivity index (χ0) is 27.6. The van der Waals surface area contributed by atoms with Crippen LogP contribution >= 0.6 is 0 Å². The average Bonchev–Trinajstić information content (AvgIpc) is 3.41. The largest absolute Gasteiger partial charge is 0.465 e. The lowest BCUT2D eigenvalue weighted by Gasteiger charge is -2.13. The van der Waals surface area contributed by atoms with Crippen molar-refractivity contribution in [3.63, 3.8) is 0 Å². The lowest BCUT2D eigenvalue weighted by Crippen LogP contribution is -2.06. The number of Topliss-reactive ketones (excluding diaryl/α,β-unsaturated/α-hetero) is 1. The van der Waals surface area contributed by atoms with E-state index < -0.39 is 23.4 Å². The SMILES string of the molecule is COC(=O)/C(C#N)=C1\c2cc(F)ccc2-c2ccc3c4c(ccc3c21)/C(=C(\C#N)C(C)=O)c1cc(F)ccc1-4. The van der Waals surface area contributed by atoms with Crippen LogP contribution in [0.15, 0.2) is 71.8 Å². The third kappa shape index (κ3) is 3.27. The van der Waals surface area contributed by atoms with Crippen LogP contribution in [0.2, 0.25) is 0 Å². The molecular weight excluding hydrogens is 498 g/mol. The highest BCUT2D eigenvalue weighted by molar-refractivity contribution is 6.22. The number of nitrogens with zero attached hydrogens (tertiary/aromatic N) is 2. The second-order valence-corrected chi connectivity index (χ2v) is 9.22. The molecule has 0 aromatic heterocycles. The molecule has 0 atom stereocenters. The van der Waals surface area contributed by atoms with Gasteiger partial charge in [0.2, 0.25) is 0 Å². The van der Waals surface area contributed by atoms with Crippen LogP contribution in [-0.4, -0.2) is 18.9 Å². The van der Waals surface area contributed by atoms with Crippen molar-refractivity contribution < 1.29 is 23.1 Å². The van der Waals surface area contributed by atoms with E-state index in [0.717, 1.165) is 0 Å². The topological polar surface area (TPSA) is 90.9 Å². The maximum atomic E-state index is 14.4. The Kier molecular flexibility index (Phi) is 5.27. The van der Waals surface area contributed by atoms with Crippen molar-refractivity contribution >= 4 is 33.7 Å². The van der Waals surface area contributed by atoms with Crippen LogP contribution in [0.1, 0.15) is 29.2 Å². The van der Waals surface area contributed by atoms with Gasteiger partial charge >= 0.3 is 5.97 Å². The first kappa shape index (κ1) is 24.0. The predicted molar refractivity (Wildman–Crippen MR) is 141 cm³/mol. The molecule has 0 N–H and O–H groups in total. The summed E-state index contributed by atoms with van der Waals surface area (Å²) in [7, 11) is 1.17. The van der Waals surface area contributed by atoms with E-state index in [9.17, 15) is 28.9 Å². The minimum Gasteiger partial charge on any atom is -0.465 e. The molecule has 0 aliphatic heterocycles.